The molecule has 172 valence electrons. The largest absolute Gasteiger partial charge is 0.390 e. The van der Waals surface area contributed by atoms with Gasteiger partial charge in [-0.2, -0.15) is 0 Å². The number of hydrogen-bond acceptors (Lipinski definition) is 3. The number of amides is 1. The number of nitrogens with zero attached hydrogens (tertiary/aromatic N) is 1. The van der Waals surface area contributed by atoms with E-state index in [1.165, 1.54) is 24.8 Å². The lowest BCUT2D eigenvalue weighted by Gasteiger charge is -2.20. The third kappa shape index (κ3) is 5.70. The van der Waals surface area contributed by atoms with Crippen molar-refractivity contribution in [2.75, 3.05) is 13.6 Å². The van der Waals surface area contributed by atoms with E-state index >= 15 is 0 Å². The Morgan fingerprint density at radius 2 is 1.73 bits per heavy atom. The van der Waals surface area contributed by atoms with E-state index in [-0.39, 0.29) is 11.9 Å². The molecule has 3 aromatic carbocycles. The van der Waals surface area contributed by atoms with Gasteiger partial charge < -0.3 is 15.3 Å². The molecule has 0 spiro atoms. The zero-order valence-corrected chi connectivity index (χ0v) is 19.6. The van der Waals surface area contributed by atoms with Gasteiger partial charge in [-0.3, -0.25) is 4.79 Å². The van der Waals surface area contributed by atoms with Crippen LogP contribution >= 0.6 is 0 Å². The second kappa shape index (κ2) is 10.8. The first kappa shape index (κ1) is 23.2. The lowest BCUT2D eigenvalue weighted by molar-refractivity contribution is 0.0858. The van der Waals surface area contributed by atoms with Crippen molar-refractivity contribution in [3.63, 3.8) is 0 Å². The van der Waals surface area contributed by atoms with E-state index in [0.29, 0.717) is 12.0 Å². The Bertz CT molecular complexity index is 1060. The maximum absolute atomic E-state index is 13.0. The van der Waals surface area contributed by atoms with Gasteiger partial charge in [0.15, 0.2) is 0 Å². The van der Waals surface area contributed by atoms with Gasteiger partial charge in [-0.25, -0.2) is 0 Å². The molecule has 4 heteroatoms. The highest BCUT2D eigenvalue weighted by Crippen LogP contribution is 2.33. The Morgan fingerprint density at radius 1 is 1.00 bits per heavy atom. The van der Waals surface area contributed by atoms with E-state index < -0.39 is 6.10 Å². The summed E-state index contributed by atoms with van der Waals surface area (Å²) in [7, 11) is 2.15. The lowest BCUT2D eigenvalue weighted by Crippen LogP contribution is -2.33. The molecule has 0 saturated heterocycles. The lowest BCUT2D eigenvalue weighted by atomic mass is 10.0. The summed E-state index contributed by atoms with van der Waals surface area (Å²) in [6, 6.07) is 23.8. The van der Waals surface area contributed by atoms with Crippen molar-refractivity contribution in [1.29, 1.82) is 0 Å². The van der Waals surface area contributed by atoms with E-state index in [0.717, 1.165) is 35.3 Å². The molecule has 0 saturated carbocycles. The number of unbranched alkanes of at least 4 members (excludes halogenated alkanes) is 2. The summed E-state index contributed by atoms with van der Waals surface area (Å²) in [5.41, 5.74) is 6.17. The topological polar surface area (TPSA) is 52.6 Å². The van der Waals surface area contributed by atoms with Crippen LogP contribution < -0.4 is 5.32 Å². The van der Waals surface area contributed by atoms with Crippen LogP contribution in [0.2, 0.25) is 0 Å². The van der Waals surface area contributed by atoms with E-state index in [1.54, 1.807) is 0 Å². The molecular formula is C29H34N2O2. The number of aliphatic hydroxyl groups is 1. The molecule has 1 aliphatic rings. The predicted octanol–water partition coefficient (Wildman–Crippen LogP) is 5.36. The quantitative estimate of drug-likeness (QED) is 0.439. The normalized spacial score (nSPS) is 17.2. The van der Waals surface area contributed by atoms with Crippen LogP contribution in [-0.2, 0) is 13.0 Å². The average molecular weight is 443 g/mol. The minimum Gasteiger partial charge on any atom is -0.390 e. The smallest absolute Gasteiger partial charge is 0.251 e. The Kier molecular flexibility index (Phi) is 7.58. The third-order valence-corrected chi connectivity index (χ3v) is 6.50. The minimum absolute atomic E-state index is 0.159. The van der Waals surface area contributed by atoms with Crippen molar-refractivity contribution in [3.05, 3.63) is 95.1 Å². The Labute approximate surface area is 197 Å². The van der Waals surface area contributed by atoms with Gasteiger partial charge in [-0.05, 0) is 60.0 Å². The second-order valence-corrected chi connectivity index (χ2v) is 9.14. The molecule has 0 fully saturated rings. The average Bonchev–Trinajstić information content (AvgIpc) is 3.14. The number of nitrogens with one attached hydrogen (secondary N) is 1. The SMILES string of the molecule is CCCCCN(C)Cc1ccc2c(c1)[C@@H](NC(=O)c1ccc(-c3ccccc3)cc1)[C@H](O)C2. The number of carbonyl (C=O) groups excluding carboxylic acids is 1. The summed E-state index contributed by atoms with van der Waals surface area (Å²) < 4.78 is 0. The Balaban J connectivity index is 1.44. The summed E-state index contributed by atoms with van der Waals surface area (Å²) in [5.74, 6) is -0.159. The van der Waals surface area contributed by atoms with E-state index in [2.05, 4.69) is 54.5 Å². The third-order valence-electron chi connectivity index (χ3n) is 6.50. The standard InChI is InChI=1S/C29H34N2O2/c1-3-4-8-17-31(2)20-21-11-12-25-19-27(32)28(26(25)18-21)30-29(33)24-15-13-23(14-16-24)22-9-6-5-7-10-22/h5-7,9-16,18,27-28,32H,3-4,8,17,19-20H2,1-2H3,(H,30,33)/t27-,28-/m1/s1. The molecule has 0 unspecified atom stereocenters. The van der Waals surface area contributed by atoms with Gasteiger partial charge in [0, 0.05) is 18.5 Å². The number of benzene rings is 3. The molecule has 0 heterocycles. The van der Waals surface area contributed by atoms with E-state index in [4.69, 9.17) is 0 Å². The van der Waals surface area contributed by atoms with Crippen molar-refractivity contribution in [1.82, 2.24) is 10.2 Å². The van der Waals surface area contributed by atoms with E-state index in [9.17, 15) is 9.90 Å². The first-order chi connectivity index (χ1) is 16.0. The fourth-order valence-corrected chi connectivity index (χ4v) is 4.63. The molecule has 3 aromatic rings. The number of carbonyl (C=O) groups is 1. The van der Waals surface area contributed by atoms with Crippen LogP contribution in [0.5, 0.6) is 0 Å². The van der Waals surface area contributed by atoms with Gasteiger partial charge in [0.25, 0.3) is 5.91 Å². The van der Waals surface area contributed by atoms with Crippen LogP contribution in [0, 0.1) is 0 Å². The molecule has 0 bridgehead atoms. The van der Waals surface area contributed by atoms with Crippen molar-refractivity contribution in [2.45, 2.75) is 51.3 Å². The van der Waals surface area contributed by atoms with Crippen LogP contribution in [0.15, 0.2) is 72.8 Å². The molecule has 2 N–H and O–H groups in total. The number of fused-ring (bicyclic) bond motifs is 1. The van der Waals surface area contributed by atoms with Gasteiger partial charge in [0.1, 0.15) is 0 Å². The zero-order chi connectivity index (χ0) is 23.2. The predicted molar refractivity (Wildman–Crippen MR) is 134 cm³/mol. The van der Waals surface area contributed by atoms with Crippen molar-refractivity contribution < 1.29 is 9.90 Å². The van der Waals surface area contributed by atoms with Gasteiger partial charge in [-0.15, -0.1) is 0 Å². The molecule has 1 amide bonds. The van der Waals surface area contributed by atoms with Crippen LogP contribution in [0.25, 0.3) is 11.1 Å². The molecule has 0 aliphatic heterocycles. The van der Waals surface area contributed by atoms with Crippen molar-refractivity contribution >= 4 is 5.91 Å². The van der Waals surface area contributed by atoms with Crippen LogP contribution in [0.1, 0.15) is 59.3 Å². The molecule has 4 rings (SSSR count). The summed E-state index contributed by atoms with van der Waals surface area (Å²) in [4.78, 5) is 15.3. The Morgan fingerprint density at radius 3 is 2.45 bits per heavy atom. The highest BCUT2D eigenvalue weighted by Gasteiger charge is 2.32. The maximum atomic E-state index is 13.0. The fourth-order valence-electron chi connectivity index (χ4n) is 4.63. The van der Waals surface area contributed by atoms with Crippen LogP contribution in [-0.4, -0.2) is 35.6 Å². The van der Waals surface area contributed by atoms with Gasteiger partial charge in [-0.1, -0.05) is 80.4 Å². The second-order valence-electron chi connectivity index (χ2n) is 9.14. The van der Waals surface area contributed by atoms with Crippen molar-refractivity contribution in [3.8, 4) is 11.1 Å². The summed E-state index contributed by atoms with van der Waals surface area (Å²) in [6.07, 6.45) is 3.64. The monoisotopic (exact) mass is 442 g/mol. The molecule has 4 nitrogen and oxygen atoms in total. The molecular weight excluding hydrogens is 408 g/mol. The molecule has 0 aromatic heterocycles. The van der Waals surface area contributed by atoms with Gasteiger partial charge >= 0.3 is 0 Å². The summed E-state index contributed by atoms with van der Waals surface area (Å²) in [5, 5.41) is 13.8. The first-order valence-electron chi connectivity index (χ1n) is 12.0. The number of hydrogen-bond donors (Lipinski definition) is 2. The van der Waals surface area contributed by atoms with Crippen LogP contribution in [0.4, 0.5) is 0 Å². The molecule has 2 atom stereocenters. The zero-order valence-electron chi connectivity index (χ0n) is 19.6. The van der Waals surface area contributed by atoms with Gasteiger partial charge in [0.05, 0.1) is 12.1 Å². The van der Waals surface area contributed by atoms with Gasteiger partial charge in [0.2, 0.25) is 0 Å². The minimum atomic E-state index is -0.606. The highest BCUT2D eigenvalue weighted by atomic mass is 16.3. The molecule has 0 radical (unpaired) electrons. The number of aliphatic hydroxyl groups excluding tert-OH is 1. The summed E-state index contributed by atoms with van der Waals surface area (Å²) >= 11 is 0. The maximum Gasteiger partial charge on any atom is 0.251 e. The molecule has 33 heavy (non-hydrogen) atoms. The van der Waals surface area contributed by atoms with Crippen LogP contribution in [0.3, 0.4) is 0 Å². The Hall–Kier alpha value is -2.95. The fraction of sp³-hybridized carbons (Fsp3) is 0.345. The van der Waals surface area contributed by atoms with Crippen molar-refractivity contribution in [2.24, 2.45) is 0 Å². The number of rotatable bonds is 9. The first-order valence-corrected chi connectivity index (χ1v) is 12.0. The molecule has 1 aliphatic carbocycles. The highest BCUT2D eigenvalue weighted by molar-refractivity contribution is 5.95. The van der Waals surface area contributed by atoms with E-state index in [1.807, 2.05) is 42.5 Å². The summed E-state index contributed by atoms with van der Waals surface area (Å²) in [6.45, 7) is 4.17.